The molecule has 1 N–H and O–H groups in total. The van der Waals surface area contributed by atoms with Gasteiger partial charge in [-0.1, -0.05) is 6.07 Å². The molecule has 0 bridgehead atoms. The minimum atomic E-state index is 0.527. The summed E-state index contributed by atoms with van der Waals surface area (Å²) in [4.78, 5) is 4.15. The summed E-state index contributed by atoms with van der Waals surface area (Å²) >= 11 is 0. The lowest BCUT2D eigenvalue weighted by atomic mass is 10.3. The quantitative estimate of drug-likeness (QED) is 0.756. The molecular formula is C16H20N4O. The number of imidazole rings is 1. The van der Waals surface area contributed by atoms with E-state index in [-0.39, 0.29) is 0 Å². The predicted octanol–water partition coefficient (Wildman–Crippen LogP) is 3.20. The van der Waals surface area contributed by atoms with E-state index in [1.807, 2.05) is 36.8 Å². The van der Waals surface area contributed by atoms with Gasteiger partial charge in [0.15, 0.2) is 0 Å². The van der Waals surface area contributed by atoms with E-state index >= 15 is 0 Å². The highest BCUT2D eigenvalue weighted by atomic mass is 16.5. The fraction of sp³-hybridized carbons (Fsp3) is 0.375. The Labute approximate surface area is 125 Å². The molecule has 0 spiro atoms. The van der Waals surface area contributed by atoms with Crippen LogP contribution < -0.4 is 10.1 Å². The van der Waals surface area contributed by atoms with E-state index in [1.165, 1.54) is 0 Å². The van der Waals surface area contributed by atoms with Crippen LogP contribution in [0.3, 0.4) is 0 Å². The highest BCUT2D eigenvalue weighted by Gasteiger charge is 2.01. The number of nitrogens with zero attached hydrogens (tertiary/aromatic N) is 3. The molecule has 2 rings (SSSR count). The summed E-state index contributed by atoms with van der Waals surface area (Å²) in [6, 6.07) is 9.97. The van der Waals surface area contributed by atoms with Gasteiger partial charge in [-0.2, -0.15) is 5.26 Å². The van der Waals surface area contributed by atoms with Gasteiger partial charge in [-0.3, -0.25) is 0 Å². The fourth-order valence-electron chi connectivity index (χ4n) is 2.01. The van der Waals surface area contributed by atoms with Crippen molar-refractivity contribution in [3.05, 3.63) is 42.5 Å². The maximum Gasteiger partial charge on any atom is 0.121 e. The van der Waals surface area contributed by atoms with Crippen molar-refractivity contribution in [1.29, 1.82) is 5.26 Å². The zero-order valence-electron chi connectivity index (χ0n) is 12.2. The van der Waals surface area contributed by atoms with Crippen LogP contribution >= 0.6 is 0 Å². The van der Waals surface area contributed by atoms with Crippen LogP contribution in [-0.4, -0.2) is 16.2 Å². The summed E-state index contributed by atoms with van der Waals surface area (Å²) in [5.41, 5.74) is 2.16. The number of anilines is 1. The molecule has 2 aromatic rings. The smallest absolute Gasteiger partial charge is 0.121 e. The minimum Gasteiger partial charge on any atom is -0.493 e. The summed E-state index contributed by atoms with van der Waals surface area (Å²) in [5.74, 6) is 0.821. The van der Waals surface area contributed by atoms with Crippen LogP contribution in [0.1, 0.15) is 25.5 Å². The van der Waals surface area contributed by atoms with Gasteiger partial charge >= 0.3 is 0 Å². The first-order valence-electron chi connectivity index (χ1n) is 7.16. The number of rotatable bonds is 8. The molecule has 0 aliphatic heterocycles. The van der Waals surface area contributed by atoms with Gasteiger partial charge in [0.2, 0.25) is 0 Å². The Hall–Kier alpha value is -2.48. The molecule has 110 valence electrons. The van der Waals surface area contributed by atoms with Crippen molar-refractivity contribution in [3.8, 4) is 11.8 Å². The van der Waals surface area contributed by atoms with Crippen LogP contribution in [0.15, 0.2) is 36.8 Å². The summed E-state index contributed by atoms with van der Waals surface area (Å²) < 4.78 is 7.73. The molecule has 0 fully saturated rings. The van der Waals surface area contributed by atoms with Gasteiger partial charge in [0.25, 0.3) is 0 Å². The lowest BCUT2D eigenvalue weighted by Gasteiger charge is -2.10. The van der Waals surface area contributed by atoms with Gasteiger partial charge in [-0.05, 0) is 25.5 Å². The van der Waals surface area contributed by atoms with Crippen molar-refractivity contribution in [2.45, 2.75) is 32.9 Å². The van der Waals surface area contributed by atoms with Crippen molar-refractivity contribution in [2.75, 3.05) is 11.9 Å². The van der Waals surface area contributed by atoms with Crippen LogP contribution in [-0.2, 0) is 13.1 Å². The first kappa shape index (κ1) is 14.9. The molecule has 21 heavy (non-hydrogen) atoms. The molecule has 5 heteroatoms. The van der Waals surface area contributed by atoms with E-state index in [0.717, 1.165) is 36.6 Å². The molecule has 0 radical (unpaired) electrons. The maximum absolute atomic E-state index is 8.49. The SMILES string of the molecule is CCn1cncc1CNc1cccc(OCCCC#N)c1. The lowest BCUT2D eigenvalue weighted by molar-refractivity contribution is 0.313. The summed E-state index contributed by atoms with van der Waals surface area (Å²) in [7, 11) is 0. The van der Waals surface area contributed by atoms with E-state index < -0.39 is 0 Å². The molecule has 5 nitrogen and oxygen atoms in total. The predicted molar refractivity (Wildman–Crippen MR) is 82.0 cm³/mol. The van der Waals surface area contributed by atoms with Crippen LogP contribution in [0, 0.1) is 11.3 Å². The summed E-state index contributed by atoms with van der Waals surface area (Å²) in [5, 5.41) is 11.9. The van der Waals surface area contributed by atoms with Crippen molar-refractivity contribution in [1.82, 2.24) is 9.55 Å². The highest BCUT2D eigenvalue weighted by Crippen LogP contribution is 2.18. The Kier molecular flexibility index (Phi) is 5.65. The number of aromatic nitrogens is 2. The van der Waals surface area contributed by atoms with Crippen molar-refractivity contribution >= 4 is 5.69 Å². The Morgan fingerprint density at radius 3 is 3.14 bits per heavy atom. The van der Waals surface area contributed by atoms with Crippen LogP contribution in [0.2, 0.25) is 0 Å². The average molecular weight is 284 g/mol. The molecular weight excluding hydrogens is 264 g/mol. The topological polar surface area (TPSA) is 62.9 Å². The first-order valence-corrected chi connectivity index (χ1v) is 7.16. The third-order valence-electron chi connectivity index (χ3n) is 3.15. The molecule has 0 amide bonds. The van der Waals surface area contributed by atoms with Crippen LogP contribution in [0.25, 0.3) is 0 Å². The third kappa shape index (κ3) is 4.53. The monoisotopic (exact) mass is 284 g/mol. The number of nitrogens with one attached hydrogen (secondary N) is 1. The van der Waals surface area contributed by atoms with Crippen LogP contribution in [0.5, 0.6) is 5.75 Å². The Bertz CT molecular complexity index is 600. The average Bonchev–Trinajstić information content (AvgIpc) is 2.97. The number of hydrogen-bond acceptors (Lipinski definition) is 4. The molecule has 1 aromatic heterocycles. The lowest BCUT2D eigenvalue weighted by Crippen LogP contribution is -2.06. The van der Waals surface area contributed by atoms with E-state index in [2.05, 4.69) is 27.9 Å². The largest absolute Gasteiger partial charge is 0.493 e. The highest BCUT2D eigenvalue weighted by molar-refractivity contribution is 5.48. The van der Waals surface area contributed by atoms with Gasteiger partial charge in [-0.15, -0.1) is 0 Å². The molecule has 0 aliphatic rings. The maximum atomic E-state index is 8.49. The number of nitriles is 1. The van der Waals surface area contributed by atoms with E-state index in [4.69, 9.17) is 10.00 Å². The van der Waals surface area contributed by atoms with E-state index in [9.17, 15) is 0 Å². The van der Waals surface area contributed by atoms with Gasteiger partial charge < -0.3 is 14.6 Å². The second-order valence-electron chi connectivity index (χ2n) is 4.66. The van der Waals surface area contributed by atoms with Gasteiger partial charge in [0.05, 0.1) is 31.2 Å². The fourth-order valence-corrected chi connectivity index (χ4v) is 2.01. The number of hydrogen-bond donors (Lipinski definition) is 1. The van der Waals surface area contributed by atoms with E-state index in [0.29, 0.717) is 13.0 Å². The summed E-state index contributed by atoms with van der Waals surface area (Å²) in [6.45, 7) is 4.31. The first-order chi connectivity index (χ1) is 10.3. The van der Waals surface area contributed by atoms with Crippen molar-refractivity contribution < 1.29 is 4.74 Å². The van der Waals surface area contributed by atoms with Crippen molar-refractivity contribution in [2.24, 2.45) is 0 Å². The number of ether oxygens (including phenoxy) is 1. The van der Waals surface area contributed by atoms with Gasteiger partial charge in [-0.25, -0.2) is 4.98 Å². The van der Waals surface area contributed by atoms with Crippen molar-refractivity contribution in [3.63, 3.8) is 0 Å². The molecule has 0 atom stereocenters. The number of benzene rings is 1. The normalized spacial score (nSPS) is 10.1. The number of aryl methyl sites for hydroxylation is 1. The minimum absolute atomic E-state index is 0.527. The Morgan fingerprint density at radius 1 is 1.43 bits per heavy atom. The molecule has 1 aromatic carbocycles. The third-order valence-corrected chi connectivity index (χ3v) is 3.15. The zero-order chi connectivity index (χ0) is 14.9. The zero-order valence-corrected chi connectivity index (χ0v) is 12.2. The number of unbranched alkanes of at least 4 members (excludes halogenated alkanes) is 1. The standard InChI is InChI=1S/C16H20N4O/c1-2-20-13-18-11-15(20)12-19-14-6-5-7-16(10-14)21-9-4-3-8-17/h5-7,10-11,13,19H,2-4,9,12H2,1H3. The molecule has 1 heterocycles. The van der Waals surface area contributed by atoms with Gasteiger partial charge in [0, 0.05) is 30.9 Å². The van der Waals surface area contributed by atoms with Crippen LogP contribution in [0.4, 0.5) is 5.69 Å². The second-order valence-corrected chi connectivity index (χ2v) is 4.66. The summed E-state index contributed by atoms with van der Waals surface area (Å²) in [6.07, 6.45) is 4.99. The van der Waals surface area contributed by atoms with E-state index in [1.54, 1.807) is 0 Å². The second kappa shape index (κ2) is 7.95. The molecule has 0 aliphatic carbocycles. The Balaban J connectivity index is 1.87. The van der Waals surface area contributed by atoms with Gasteiger partial charge in [0.1, 0.15) is 5.75 Å². The Morgan fingerprint density at radius 2 is 2.33 bits per heavy atom. The molecule has 0 saturated carbocycles. The molecule has 0 unspecified atom stereocenters. The molecule has 0 saturated heterocycles.